The van der Waals surface area contributed by atoms with Crippen molar-refractivity contribution < 1.29 is 15.0 Å². The number of para-hydroxylation sites is 1. The maximum atomic E-state index is 10.9. The van der Waals surface area contributed by atoms with Gasteiger partial charge in [-0.2, -0.15) is 0 Å². The van der Waals surface area contributed by atoms with Gasteiger partial charge in [-0.05, 0) is 24.6 Å². The van der Waals surface area contributed by atoms with Gasteiger partial charge in [0.05, 0.1) is 5.56 Å². The molecule has 22 heavy (non-hydrogen) atoms. The average Bonchev–Trinajstić information content (AvgIpc) is 2.97. The van der Waals surface area contributed by atoms with Gasteiger partial charge in [0.2, 0.25) is 0 Å². The van der Waals surface area contributed by atoms with Crippen molar-refractivity contribution in [2.75, 3.05) is 18.4 Å². The number of nitrogens with one attached hydrogen (secondary N) is 1. The van der Waals surface area contributed by atoms with Crippen LogP contribution in [0.2, 0.25) is 0 Å². The van der Waals surface area contributed by atoms with Gasteiger partial charge in [0.1, 0.15) is 11.6 Å². The van der Waals surface area contributed by atoms with Gasteiger partial charge < -0.3 is 20.4 Å². The van der Waals surface area contributed by atoms with Crippen LogP contribution in [0.4, 0.5) is 10.6 Å². The lowest BCUT2D eigenvalue weighted by Gasteiger charge is -2.14. The van der Waals surface area contributed by atoms with E-state index in [2.05, 4.69) is 15.3 Å². The van der Waals surface area contributed by atoms with Gasteiger partial charge in [-0.3, -0.25) is 0 Å². The normalized spacial score (nSPS) is 17.5. The molecule has 0 spiro atoms. The Morgan fingerprint density at radius 3 is 2.86 bits per heavy atom. The minimum Gasteiger partial charge on any atom is -0.507 e. The van der Waals surface area contributed by atoms with E-state index in [-0.39, 0.29) is 11.8 Å². The number of hydrogen-bond donors (Lipinski definition) is 3. The number of carboxylic acid groups (broad SMARTS) is 1. The molecule has 1 aliphatic rings. The maximum Gasteiger partial charge on any atom is 0.407 e. The molecule has 3 N–H and O–H groups in total. The van der Waals surface area contributed by atoms with Gasteiger partial charge >= 0.3 is 6.09 Å². The predicted octanol–water partition coefficient (Wildman–Crippen LogP) is 2.01. The Morgan fingerprint density at radius 1 is 1.32 bits per heavy atom. The lowest BCUT2D eigenvalue weighted by Crippen LogP contribution is -2.30. The molecule has 0 saturated carbocycles. The molecule has 114 valence electrons. The molecule has 1 amide bonds. The van der Waals surface area contributed by atoms with Gasteiger partial charge in [0.25, 0.3) is 0 Å². The first-order valence-corrected chi connectivity index (χ1v) is 6.99. The first-order valence-electron chi connectivity index (χ1n) is 6.99. The Hall–Kier alpha value is -2.83. The fraction of sp³-hybridized carbons (Fsp3) is 0.267. The van der Waals surface area contributed by atoms with Crippen molar-refractivity contribution in [1.82, 2.24) is 14.9 Å². The molecule has 3 rings (SSSR count). The van der Waals surface area contributed by atoms with Crippen molar-refractivity contribution >= 4 is 11.9 Å². The highest BCUT2D eigenvalue weighted by Gasteiger charge is 2.26. The summed E-state index contributed by atoms with van der Waals surface area (Å²) in [5.41, 5.74) is 0.560. The summed E-state index contributed by atoms with van der Waals surface area (Å²) >= 11 is 0. The number of anilines is 1. The minimum absolute atomic E-state index is 0.0308. The highest BCUT2D eigenvalue weighted by molar-refractivity contribution is 5.66. The summed E-state index contributed by atoms with van der Waals surface area (Å²) in [5, 5.41) is 22.0. The van der Waals surface area contributed by atoms with Gasteiger partial charge in [-0.25, -0.2) is 14.8 Å². The smallest absolute Gasteiger partial charge is 0.407 e. The highest BCUT2D eigenvalue weighted by atomic mass is 16.4. The van der Waals surface area contributed by atoms with Crippen LogP contribution < -0.4 is 5.32 Å². The summed E-state index contributed by atoms with van der Waals surface area (Å²) in [6.45, 7) is 0.954. The number of amides is 1. The molecule has 1 unspecified atom stereocenters. The number of phenolic OH excluding ortho intramolecular Hbond substituents is 1. The molecule has 1 aromatic carbocycles. The van der Waals surface area contributed by atoms with Crippen LogP contribution in [-0.4, -0.2) is 50.3 Å². The van der Waals surface area contributed by atoms with Crippen molar-refractivity contribution in [2.24, 2.45) is 0 Å². The number of phenols is 1. The van der Waals surface area contributed by atoms with E-state index < -0.39 is 6.09 Å². The van der Waals surface area contributed by atoms with Gasteiger partial charge in [-0.15, -0.1) is 0 Å². The second-order valence-electron chi connectivity index (χ2n) is 5.14. The number of hydrogen-bond acceptors (Lipinski definition) is 5. The fourth-order valence-corrected chi connectivity index (χ4v) is 2.49. The molecule has 0 aliphatic carbocycles. The van der Waals surface area contributed by atoms with Crippen LogP contribution in [0, 0.1) is 0 Å². The second kappa shape index (κ2) is 5.88. The van der Waals surface area contributed by atoms with E-state index in [4.69, 9.17) is 5.11 Å². The van der Waals surface area contributed by atoms with E-state index in [0.717, 1.165) is 6.42 Å². The van der Waals surface area contributed by atoms with E-state index in [9.17, 15) is 9.90 Å². The molecule has 1 atom stereocenters. The van der Waals surface area contributed by atoms with E-state index >= 15 is 0 Å². The van der Waals surface area contributed by atoms with Gasteiger partial charge in [0.15, 0.2) is 5.82 Å². The molecule has 1 aromatic heterocycles. The molecular formula is C15H16N4O3. The quantitative estimate of drug-likeness (QED) is 0.802. The SMILES string of the molecule is O=C(O)N1CCC(Nc2ccnc(-c3ccccc3O)n2)C1. The molecule has 1 fully saturated rings. The van der Waals surface area contributed by atoms with E-state index in [1.54, 1.807) is 36.5 Å². The number of carbonyl (C=O) groups is 1. The molecule has 2 heterocycles. The van der Waals surface area contributed by atoms with Gasteiger partial charge in [0, 0.05) is 25.3 Å². The summed E-state index contributed by atoms with van der Waals surface area (Å²) in [4.78, 5) is 20.9. The lowest BCUT2D eigenvalue weighted by atomic mass is 10.2. The zero-order chi connectivity index (χ0) is 15.5. The standard InChI is InChI=1S/C15H16N4O3/c20-12-4-2-1-3-11(12)14-16-7-5-13(18-14)17-10-6-8-19(9-10)15(21)22/h1-5,7,10,20H,6,8-9H2,(H,21,22)(H,16,17,18). The predicted molar refractivity (Wildman–Crippen MR) is 80.8 cm³/mol. The third-order valence-corrected chi connectivity index (χ3v) is 3.61. The van der Waals surface area contributed by atoms with Crippen LogP contribution in [0.5, 0.6) is 5.75 Å². The number of aromatic nitrogens is 2. The topological polar surface area (TPSA) is 98.6 Å². The second-order valence-corrected chi connectivity index (χ2v) is 5.14. The Morgan fingerprint density at radius 2 is 2.14 bits per heavy atom. The summed E-state index contributed by atoms with van der Waals surface area (Å²) in [5.74, 6) is 1.17. The zero-order valence-electron chi connectivity index (χ0n) is 11.8. The number of nitrogens with zero attached hydrogens (tertiary/aromatic N) is 3. The number of aromatic hydroxyl groups is 1. The monoisotopic (exact) mass is 300 g/mol. The largest absolute Gasteiger partial charge is 0.507 e. The van der Waals surface area contributed by atoms with Crippen LogP contribution in [0.1, 0.15) is 6.42 Å². The van der Waals surface area contributed by atoms with Crippen LogP contribution in [0.15, 0.2) is 36.5 Å². The van der Waals surface area contributed by atoms with Crippen molar-refractivity contribution in [3.8, 4) is 17.1 Å². The zero-order valence-corrected chi connectivity index (χ0v) is 11.8. The first-order chi connectivity index (χ1) is 10.6. The molecule has 2 aromatic rings. The molecule has 1 aliphatic heterocycles. The summed E-state index contributed by atoms with van der Waals surface area (Å²) in [6.07, 6.45) is 1.45. The summed E-state index contributed by atoms with van der Waals surface area (Å²) in [6, 6.07) is 8.63. The Kier molecular flexibility index (Phi) is 3.78. The van der Waals surface area contributed by atoms with Crippen LogP contribution >= 0.6 is 0 Å². The third kappa shape index (κ3) is 2.93. The van der Waals surface area contributed by atoms with Gasteiger partial charge in [-0.1, -0.05) is 12.1 Å². The minimum atomic E-state index is -0.901. The van der Waals surface area contributed by atoms with E-state index in [1.165, 1.54) is 4.90 Å². The first kappa shape index (κ1) is 14.1. The number of benzene rings is 1. The lowest BCUT2D eigenvalue weighted by molar-refractivity contribution is 0.155. The number of likely N-dealkylation sites (tertiary alicyclic amines) is 1. The van der Waals surface area contributed by atoms with Crippen molar-refractivity contribution in [3.05, 3.63) is 36.5 Å². The Balaban J connectivity index is 1.75. The van der Waals surface area contributed by atoms with Crippen LogP contribution in [0.25, 0.3) is 11.4 Å². The fourth-order valence-electron chi connectivity index (χ4n) is 2.49. The van der Waals surface area contributed by atoms with Crippen LogP contribution in [-0.2, 0) is 0 Å². The van der Waals surface area contributed by atoms with E-state index in [0.29, 0.717) is 30.3 Å². The molecule has 0 bridgehead atoms. The number of rotatable bonds is 3. The molecule has 7 heteroatoms. The third-order valence-electron chi connectivity index (χ3n) is 3.61. The highest BCUT2D eigenvalue weighted by Crippen LogP contribution is 2.26. The van der Waals surface area contributed by atoms with Crippen molar-refractivity contribution in [3.63, 3.8) is 0 Å². The molecule has 0 radical (unpaired) electrons. The Bertz CT molecular complexity index is 692. The van der Waals surface area contributed by atoms with Crippen LogP contribution in [0.3, 0.4) is 0 Å². The molecule has 1 saturated heterocycles. The average molecular weight is 300 g/mol. The Labute approximate surface area is 127 Å². The van der Waals surface area contributed by atoms with E-state index in [1.807, 2.05) is 0 Å². The molecule has 7 nitrogen and oxygen atoms in total. The summed E-state index contributed by atoms with van der Waals surface area (Å²) in [7, 11) is 0. The molecular weight excluding hydrogens is 284 g/mol. The maximum absolute atomic E-state index is 10.9. The van der Waals surface area contributed by atoms with Crippen molar-refractivity contribution in [1.29, 1.82) is 0 Å². The van der Waals surface area contributed by atoms with Crippen molar-refractivity contribution in [2.45, 2.75) is 12.5 Å². The summed E-state index contributed by atoms with van der Waals surface area (Å²) < 4.78 is 0.